The van der Waals surface area contributed by atoms with Crippen LogP contribution in [-0.2, 0) is 12.8 Å². The third-order valence-corrected chi connectivity index (χ3v) is 12.9. The highest BCUT2D eigenvalue weighted by Gasteiger charge is 2.23. The SMILES string of the molecule is CC(=CCc1cccc(C(=O)Nc2cc3ccc(OC4CCN(C)CC4)c(C)c3oc2=O)c1)COc1ccc(C(=O)Nc2cc3ccc(OC4CCN(C)CC4)c(C)c3oc2=O)cc1CC(C)C. The lowest BCUT2D eigenvalue weighted by Crippen LogP contribution is -2.35. The Labute approximate surface area is 397 Å². The number of amides is 2. The van der Waals surface area contributed by atoms with Gasteiger partial charge in [0.05, 0.1) is 0 Å². The van der Waals surface area contributed by atoms with Crippen LogP contribution in [0.15, 0.2) is 109 Å². The molecule has 0 atom stereocenters. The highest BCUT2D eigenvalue weighted by atomic mass is 16.5. The standard InChI is InChI=1S/C55H62N4O9/c1-33(2)27-42-29-41(53(61)57-46-31-39-14-17-48(36(5)51(39)68-55(46)63)66-44-21-25-59(7)26-22-44)15-18-49(42)64-32-34(3)11-12-37-9-8-10-40(28-37)52(60)56-45-30-38-13-16-47(35(4)50(38)67-54(45)62)65-43-19-23-58(6)24-20-43/h8-11,13-18,28-31,33,43-44H,12,19-27,32H2,1-7H3,(H,56,60)(H,57,61). The molecule has 2 N–H and O–H groups in total. The second kappa shape index (κ2) is 21.1. The van der Waals surface area contributed by atoms with Crippen molar-refractivity contribution < 1.29 is 32.6 Å². The second-order valence-electron chi connectivity index (χ2n) is 18.9. The number of allylic oxidation sites excluding steroid dienone is 1. The molecule has 6 aromatic rings. The number of likely N-dealkylation sites (tertiary alicyclic amines) is 2. The summed E-state index contributed by atoms with van der Waals surface area (Å²) >= 11 is 0. The Kier molecular flexibility index (Phi) is 14.8. The highest BCUT2D eigenvalue weighted by molar-refractivity contribution is 6.06. The van der Waals surface area contributed by atoms with E-state index in [2.05, 4.69) is 48.4 Å². The van der Waals surface area contributed by atoms with Gasteiger partial charge in [0.1, 0.15) is 58.6 Å². The van der Waals surface area contributed by atoms with Crippen LogP contribution in [0.25, 0.3) is 21.9 Å². The maximum absolute atomic E-state index is 13.6. The van der Waals surface area contributed by atoms with Crippen molar-refractivity contribution in [1.29, 1.82) is 0 Å². The minimum Gasteiger partial charge on any atom is -0.490 e. The molecule has 0 unspecified atom stereocenters. The minimum atomic E-state index is -0.640. The summed E-state index contributed by atoms with van der Waals surface area (Å²) in [5.74, 6) is 1.48. The molecule has 0 aliphatic carbocycles. The van der Waals surface area contributed by atoms with Crippen LogP contribution < -0.4 is 36.1 Å². The Balaban J connectivity index is 0.877. The summed E-state index contributed by atoms with van der Waals surface area (Å²) in [4.78, 5) is 57.9. The third-order valence-electron chi connectivity index (χ3n) is 12.9. The first-order chi connectivity index (χ1) is 32.7. The molecule has 4 heterocycles. The van der Waals surface area contributed by atoms with E-state index in [0.717, 1.165) is 79.7 Å². The molecular weight excluding hydrogens is 861 g/mol. The van der Waals surface area contributed by atoms with Crippen molar-refractivity contribution in [2.75, 3.05) is 57.5 Å². The number of hydrogen-bond acceptors (Lipinski definition) is 11. The Morgan fingerprint density at radius 3 is 1.71 bits per heavy atom. The van der Waals surface area contributed by atoms with Crippen LogP contribution in [0.5, 0.6) is 17.2 Å². The number of nitrogens with zero attached hydrogens (tertiary/aromatic N) is 2. The van der Waals surface area contributed by atoms with Crippen LogP contribution in [-0.4, -0.2) is 80.7 Å². The van der Waals surface area contributed by atoms with Gasteiger partial charge in [0.25, 0.3) is 11.8 Å². The van der Waals surface area contributed by atoms with Crippen LogP contribution in [0.4, 0.5) is 11.4 Å². The number of ether oxygens (including phenoxy) is 3. The smallest absolute Gasteiger partial charge is 0.360 e. The van der Waals surface area contributed by atoms with Gasteiger partial charge in [-0.05, 0) is 163 Å². The molecule has 356 valence electrons. The predicted molar refractivity (Wildman–Crippen MR) is 267 cm³/mol. The lowest BCUT2D eigenvalue weighted by molar-refractivity contribution is 0.101. The predicted octanol–water partition coefficient (Wildman–Crippen LogP) is 9.73. The monoisotopic (exact) mass is 922 g/mol. The zero-order valence-electron chi connectivity index (χ0n) is 40.2. The zero-order valence-corrected chi connectivity index (χ0v) is 40.2. The largest absolute Gasteiger partial charge is 0.490 e. The summed E-state index contributed by atoms with van der Waals surface area (Å²) in [6, 6.07) is 23.3. The summed E-state index contributed by atoms with van der Waals surface area (Å²) in [5, 5.41) is 6.90. The number of piperidine rings is 2. The maximum atomic E-state index is 13.6. The van der Waals surface area contributed by atoms with Gasteiger partial charge in [0.15, 0.2) is 0 Å². The van der Waals surface area contributed by atoms with Gasteiger partial charge < -0.3 is 43.5 Å². The summed E-state index contributed by atoms with van der Waals surface area (Å²) in [5.41, 5.74) is 4.76. The molecule has 13 heteroatoms. The molecule has 2 aliphatic rings. The van der Waals surface area contributed by atoms with Crippen molar-refractivity contribution >= 4 is 45.1 Å². The minimum absolute atomic E-state index is 0.0547. The van der Waals surface area contributed by atoms with E-state index in [0.29, 0.717) is 69.8 Å². The summed E-state index contributed by atoms with van der Waals surface area (Å²) < 4.78 is 30.4. The van der Waals surface area contributed by atoms with E-state index in [4.69, 9.17) is 23.0 Å². The van der Waals surface area contributed by atoms with Crippen LogP contribution >= 0.6 is 0 Å². The Hall–Kier alpha value is -6.70. The fraction of sp³-hybridized carbons (Fsp3) is 0.382. The van der Waals surface area contributed by atoms with Crippen molar-refractivity contribution in [3.63, 3.8) is 0 Å². The number of benzene rings is 4. The number of hydrogen-bond donors (Lipinski definition) is 2. The number of fused-ring (bicyclic) bond motifs is 2. The van der Waals surface area contributed by atoms with Gasteiger partial charge in [-0.2, -0.15) is 0 Å². The van der Waals surface area contributed by atoms with Gasteiger partial charge in [-0.1, -0.05) is 32.1 Å². The van der Waals surface area contributed by atoms with Crippen molar-refractivity contribution in [1.82, 2.24) is 9.80 Å². The van der Waals surface area contributed by atoms with Gasteiger partial charge in [-0.15, -0.1) is 0 Å². The normalized spacial score (nSPS) is 15.5. The molecule has 0 bridgehead atoms. The van der Waals surface area contributed by atoms with Crippen LogP contribution in [0, 0.1) is 19.8 Å². The van der Waals surface area contributed by atoms with Crippen LogP contribution in [0.2, 0.25) is 0 Å². The molecule has 2 saturated heterocycles. The lowest BCUT2D eigenvalue weighted by Gasteiger charge is -2.29. The lowest BCUT2D eigenvalue weighted by atomic mass is 9.99. The first kappa shape index (κ1) is 47.8. The average molecular weight is 923 g/mol. The molecule has 13 nitrogen and oxygen atoms in total. The van der Waals surface area contributed by atoms with Gasteiger partial charge in [-0.3, -0.25) is 9.59 Å². The van der Waals surface area contributed by atoms with E-state index in [1.54, 1.807) is 36.4 Å². The quantitative estimate of drug-likeness (QED) is 0.0748. The first-order valence-electron chi connectivity index (χ1n) is 23.7. The number of aryl methyl sites for hydroxylation is 2. The zero-order chi connectivity index (χ0) is 48.1. The Morgan fingerprint density at radius 1 is 0.691 bits per heavy atom. The van der Waals surface area contributed by atoms with Crippen LogP contribution in [0.1, 0.15) is 89.4 Å². The molecule has 0 radical (unpaired) electrons. The summed E-state index contributed by atoms with van der Waals surface area (Å²) in [6.45, 7) is 14.1. The van der Waals surface area contributed by atoms with Crippen molar-refractivity contribution in [3.05, 3.63) is 145 Å². The third kappa shape index (κ3) is 11.5. The topological polar surface area (TPSA) is 153 Å². The number of nitrogens with one attached hydrogen (secondary N) is 2. The van der Waals surface area contributed by atoms with Gasteiger partial charge in [-0.25, -0.2) is 9.59 Å². The Bertz CT molecular complexity index is 2970. The molecule has 0 spiro atoms. The van der Waals surface area contributed by atoms with E-state index < -0.39 is 23.1 Å². The fourth-order valence-corrected chi connectivity index (χ4v) is 8.84. The number of anilines is 2. The van der Waals surface area contributed by atoms with E-state index in [9.17, 15) is 19.2 Å². The molecule has 2 amide bonds. The Morgan fingerprint density at radius 2 is 1.19 bits per heavy atom. The molecule has 8 rings (SSSR count). The van der Waals surface area contributed by atoms with Gasteiger partial charge in [0, 0.05) is 59.2 Å². The number of rotatable bonds is 15. The first-order valence-corrected chi connectivity index (χ1v) is 23.7. The fourth-order valence-electron chi connectivity index (χ4n) is 8.84. The van der Waals surface area contributed by atoms with E-state index >= 15 is 0 Å². The van der Waals surface area contributed by atoms with Crippen molar-refractivity contribution in [2.45, 2.75) is 85.4 Å². The number of carbonyl (C=O) groups excluding carboxylic acids is 2. The molecule has 2 fully saturated rings. The summed E-state index contributed by atoms with van der Waals surface area (Å²) in [7, 11) is 4.21. The van der Waals surface area contributed by atoms with E-state index in [-0.39, 0.29) is 29.5 Å². The average Bonchev–Trinajstić information content (AvgIpc) is 3.32. The van der Waals surface area contributed by atoms with E-state index in [1.165, 1.54) is 0 Å². The van der Waals surface area contributed by atoms with Gasteiger partial charge in [0.2, 0.25) is 0 Å². The molecule has 68 heavy (non-hydrogen) atoms. The second-order valence-corrected chi connectivity index (χ2v) is 18.9. The van der Waals surface area contributed by atoms with E-state index in [1.807, 2.05) is 69.3 Å². The molecule has 2 aromatic heterocycles. The van der Waals surface area contributed by atoms with Crippen LogP contribution in [0.3, 0.4) is 0 Å². The van der Waals surface area contributed by atoms with Gasteiger partial charge >= 0.3 is 11.3 Å². The summed E-state index contributed by atoms with van der Waals surface area (Å²) in [6.07, 6.45) is 7.21. The molecule has 0 saturated carbocycles. The molecule has 2 aliphatic heterocycles. The number of carbonyl (C=O) groups is 2. The maximum Gasteiger partial charge on any atom is 0.360 e. The molecule has 4 aromatic carbocycles. The molecular formula is C55H62N4O9. The van der Waals surface area contributed by atoms with Crippen molar-refractivity contribution in [3.8, 4) is 17.2 Å². The van der Waals surface area contributed by atoms with Crippen molar-refractivity contribution in [2.24, 2.45) is 5.92 Å². The highest BCUT2D eigenvalue weighted by Crippen LogP contribution is 2.32.